The molecule has 0 amide bonds. The van der Waals surface area contributed by atoms with E-state index in [0.717, 1.165) is 44.3 Å². The smallest absolute Gasteiger partial charge is 0.269 e. The maximum Gasteiger partial charge on any atom is 0.269 e. The third-order valence-electron chi connectivity index (χ3n) is 5.35. The van der Waals surface area contributed by atoms with Crippen LogP contribution in [0.25, 0.3) is 0 Å². The number of sulfonamides is 1. The Morgan fingerprint density at radius 3 is 2.29 bits per heavy atom. The molecule has 160 valence electrons. The molecule has 0 radical (unpaired) electrons. The van der Waals surface area contributed by atoms with Crippen molar-refractivity contribution in [2.75, 3.05) is 32.4 Å². The van der Waals surface area contributed by atoms with Gasteiger partial charge in [-0.1, -0.05) is 19.1 Å². The predicted molar refractivity (Wildman–Crippen MR) is 115 cm³/mol. The molecule has 1 heterocycles. The van der Waals surface area contributed by atoms with Crippen molar-refractivity contribution in [3.05, 3.63) is 39.9 Å². The Morgan fingerprint density at radius 2 is 1.82 bits per heavy atom. The third kappa shape index (κ3) is 7.31. The van der Waals surface area contributed by atoms with Crippen LogP contribution >= 0.6 is 12.4 Å². The molecule has 2 rings (SSSR count). The van der Waals surface area contributed by atoms with E-state index < -0.39 is 10.0 Å². The Labute approximate surface area is 174 Å². The SMILES string of the molecule is CCCN(CC1CCN(S(C)(=O)=O)CC1)C(C)Cc1ccc([N+](=O)[O-])cc1.Cl. The summed E-state index contributed by atoms with van der Waals surface area (Å²) in [5.41, 5.74) is 1.22. The van der Waals surface area contributed by atoms with Crippen LogP contribution in [0.1, 0.15) is 38.7 Å². The molecule has 1 aliphatic rings. The van der Waals surface area contributed by atoms with Crippen LogP contribution in [-0.4, -0.2) is 61.0 Å². The number of hydrogen-bond acceptors (Lipinski definition) is 5. The highest BCUT2D eigenvalue weighted by molar-refractivity contribution is 7.88. The minimum absolute atomic E-state index is 0. The highest BCUT2D eigenvalue weighted by atomic mass is 35.5. The van der Waals surface area contributed by atoms with E-state index >= 15 is 0 Å². The van der Waals surface area contributed by atoms with Crippen molar-refractivity contribution < 1.29 is 13.3 Å². The number of nitrogens with zero attached hydrogens (tertiary/aromatic N) is 3. The van der Waals surface area contributed by atoms with Crippen LogP contribution in [0.4, 0.5) is 5.69 Å². The Kier molecular flexibility index (Phi) is 9.83. The number of hydrogen-bond donors (Lipinski definition) is 0. The lowest BCUT2D eigenvalue weighted by Crippen LogP contribution is -2.44. The van der Waals surface area contributed by atoms with Crippen molar-refractivity contribution >= 4 is 28.1 Å². The minimum Gasteiger partial charge on any atom is -0.300 e. The topological polar surface area (TPSA) is 83.8 Å². The van der Waals surface area contributed by atoms with Crippen LogP contribution in [0, 0.1) is 16.0 Å². The fourth-order valence-corrected chi connectivity index (χ4v) is 4.63. The van der Waals surface area contributed by atoms with Crippen LogP contribution in [0.3, 0.4) is 0 Å². The van der Waals surface area contributed by atoms with Gasteiger partial charge in [0.15, 0.2) is 0 Å². The first-order valence-corrected chi connectivity index (χ1v) is 11.5. The normalized spacial score (nSPS) is 17.3. The lowest BCUT2D eigenvalue weighted by atomic mass is 9.96. The van der Waals surface area contributed by atoms with Gasteiger partial charge in [-0.15, -0.1) is 12.4 Å². The molecule has 0 aliphatic carbocycles. The molecule has 1 atom stereocenters. The molecule has 1 fully saturated rings. The molecular formula is C19H32ClN3O4S. The summed E-state index contributed by atoms with van der Waals surface area (Å²) in [6.07, 6.45) is 4.99. The largest absolute Gasteiger partial charge is 0.300 e. The van der Waals surface area contributed by atoms with Gasteiger partial charge in [0, 0.05) is 37.8 Å². The Hall–Kier alpha value is -1.22. The Balaban J connectivity index is 0.00000392. The summed E-state index contributed by atoms with van der Waals surface area (Å²) in [7, 11) is -3.08. The summed E-state index contributed by atoms with van der Waals surface area (Å²) < 4.78 is 24.9. The van der Waals surface area contributed by atoms with Crippen LogP contribution in [0.5, 0.6) is 0 Å². The van der Waals surface area contributed by atoms with Crippen molar-refractivity contribution in [2.24, 2.45) is 5.92 Å². The van der Waals surface area contributed by atoms with E-state index in [9.17, 15) is 18.5 Å². The number of halogens is 1. The molecule has 0 saturated carbocycles. The highest BCUT2D eigenvalue weighted by Gasteiger charge is 2.27. The average molecular weight is 434 g/mol. The summed E-state index contributed by atoms with van der Waals surface area (Å²) in [6.45, 7) is 7.56. The van der Waals surface area contributed by atoms with Crippen molar-refractivity contribution in [2.45, 2.75) is 45.6 Å². The van der Waals surface area contributed by atoms with E-state index in [2.05, 4.69) is 18.7 Å². The van der Waals surface area contributed by atoms with Crippen molar-refractivity contribution in [3.63, 3.8) is 0 Å². The van der Waals surface area contributed by atoms with E-state index in [4.69, 9.17) is 0 Å². The van der Waals surface area contributed by atoms with Gasteiger partial charge in [0.25, 0.3) is 5.69 Å². The zero-order valence-corrected chi connectivity index (χ0v) is 18.5. The van der Waals surface area contributed by atoms with E-state index in [1.807, 2.05) is 12.1 Å². The molecule has 1 saturated heterocycles. The molecule has 1 aromatic carbocycles. The Morgan fingerprint density at radius 1 is 1.25 bits per heavy atom. The van der Waals surface area contributed by atoms with Crippen molar-refractivity contribution in [1.82, 2.24) is 9.21 Å². The number of piperidine rings is 1. The Bertz CT molecular complexity index is 719. The predicted octanol–water partition coefficient (Wildman–Crippen LogP) is 3.33. The van der Waals surface area contributed by atoms with E-state index in [1.54, 1.807) is 16.4 Å². The van der Waals surface area contributed by atoms with Crippen molar-refractivity contribution in [1.29, 1.82) is 0 Å². The molecule has 0 N–H and O–H groups in total. The van der Waals surface area contributed by atoms with Gasteiger partial charge in [0.05, 0.1) is 11.2 Å². The zero-order chi connectivity index (χ0) is 20.0. The van der Waals surface area contributed by atoms with Gasteiger partial charge in [0.1, 0.15) is 0 Å². The van der Waals surface area contributed by atoms with E-state index in [0.29, 0.717) is 25.0 Å². The first-order chi connectivity index (χ1) is 12.7. The fourth-order valence-electron chi connectivity index (χ4n) is 3.76. The molecule has 9 heteroatoms. The quantitative estimate of drug-likeness (QED) is 0.440. The van der Waals surface area contributed by atoms with E-state index in [-0.39, 0.29) is 23.0 Å². The monoisotopic (exact) mass is 433 g/mol. The fraction of sp³-hybridized carbons (Fsp3) is 0.684. The summed E-state index contributed by atoms with van der Waals surface area (Å²) >= 11 is 0. The summed E-state index contributed by atoms with van der Waals surface area (Å²) in [6, 6.07) is 7.13. The number of rotatable bonds is 9. The molecule has 7 nitrogen and oxygen atoms in total. The van der Waals surface area contributed by atoms with Crippen LogP contribution in [0.15, 0.2) is 24.3 Å². The third-order valence-corrected chi connectivity index (χ3v) is 6.65. The minimum atomic E-state index is -3.08. The molecule has 0 spiro atoms. The van der Waals surface area contributed by atoms with Crippen molar-refractivity contribution in [3.8, 4) is 0 Å². The van der Waals surface area contributed by atoms with Crippen LogP contribution in [0.2, 0.25) is 0 Å². The average Bonchev–Trinajstić information content (AvgIpc) is 2.61. The second-order valence-electron chi connectivity index (χ2n) is 7.58. The van der Waals surface area contributed by atoms with Gasteiger partial charge < -0.3 is 4.90 Å². The zero-order valence-electron chi connectivity index (χ0n) is 16.9. The molecule has 28 heavy (non-hydrogen) atoms. The molecule has 0 bridgehead atoms. The molecule has 1 aromatic rings. The molecular weight excluding hydrogens is 402 g/mol. The molecule has 1 unspecified atom stereocenters. The van der Waals surface area contributed by atoms with Gasteiger partial charge >= 0.3 is 0 Å². The standard InChI is InChI=1S/C19H31N3O4S.ClH/c1-4-11-20(15-18-9-12-21(13-10-18)27(3,25)26)16(2)14-17-5-7-19(8-6-17)22(23)24;/h5-8,16,18H,4,9-15H2,1-3H3;1H. The number of nitro groups is 1. The van der Waals surface area contributed by atoms with Gasteiger partial charge in [0.2, 0.25) is 10.0 Å². The number of nitro benzene ring substituents is 1. The highest BCUT2D eigenvalue weighted by Crippen LogP contribution is 2.22. The lowest BCUT2D eigenvalue weighted by Gasteiger charge is -2.36. The van der Waals surface area contributed by atoms with Crippen LogP contribution in [-0.2, 0) is 16.4 Å². The number of non-ortho nitro benzene ring substituents is 1. The molecule has 1 aliphatic heterocycles. The molecule has 0 aromatic heterocycles. The van der Waals surface area contributed by atoms with Gasteiger partial charge in [-0.3, -0.25) is 10.1 Å². The van der Waals surface area contributed by atoms with Crippen LogP contribution < -0.4 is 0 Å². The second-order valence-corrected chi connectivity index (χ2v) is 9.56. The summed E-state index contributed by atoms with van der Waals surface area (Å²) in [5.74, 6) is 0.508. The first kappa shape index (κ1) is 24.8. The van der Waals surface area contributed by atoms with Gasteiger partial charge in [-0.2, -0.15) is 0 Å². The first-order valence-electron chi connectivity index (χ1n) is 9.63. The summed E-state index contributed by atoms with van der Waals surface area (Å²) in [5, 5.41) is 10.8. The van der Waals surface area contributed by atoms with E-state index in [1.165, 1.54) is 6.26 Å². The maximum absolute atomic E-state index is 11.7. The lowest BCUT2D eigenvalue weighted by molar-refractivity contribution is -0.384. The van der Waals surface area contributed by atoms with Gasteiger partial charge in [-0.05, 0) is 50.6 Å². The number of benzene rings is 1. The second kappa shape index (κ2) is 11.1. The maximum atomic E-state index is 11.7. The summed E-state index contributed by atoms with van der Waals surface area (Å²) in [4.78, 5) is 12.9. The van der Waals surface area contributed by atoms with Gasteiger partial charge in [-0.25, -0.2) is 12.7 Å².